The summed E-state index contributed by atoms with van der Waals surface area (Å²) in [5, 5.41) is 10.9. The minimum absolute atomic E-state index is 0.175. The fourth-order valence-electron chi connectivity index (χ4n) is 4.55. The number of hydrogen-bond donors (Lipinski definition) is 1. The summed E-state index contributed by atoms with van der Waals surface area (Å²) < 4.78 is 28.3. The van der Waals surface area contributed by atoms with E-state index in [2.05, 4.69) is 0 Å². The van der Waals surface area contributed by atoms with Crippen molar-refractivity contribution in [2.45, 2.75) is 30.7 Å². The van der Waals surface area contributed by atoms with Gasteiger partial charge in [-0.1, -0.05) is 72.8 Å². The maximum absolute atomic E-state index is 13.2. The third kappa shape index (κ3) is 7.35. The van der Waals surface area contributed by atoms with Crippen molar-refractivity contribution in [3.63, 3.8) is 0 Å². The zero-order valence-electron chi connectivity index (χ0n) is 23.3. The Hall–Kier alpha value is -5.32. The molecule has 224 valence electrons. The fraction of sp³-hybridized carbons (Fsp3) is 0.176. The predicted molar refractivity (Wildman–Crippen MR) is 155 cm³/mol. The number of carbonyl (C=O) groups is 4. The number of esters is 4. The van der Waals surface area contributed by atoms with E-state index in [1.54, 1.807) is 84.9 Å². The molecule has 1 saturated heterocycles. The normalized spacial score (nSPS) is 19.8. The van der Waals surface area contributed by atoms with Crippen molar-refractivity contribution < 1.29 is 48.0 Å². The summed E-state index contributed by atoms with van der Waals surface area (Å²) in [7, 11) is 0. The number of aliphatic hydroxyl groups is 1. The van der Waals surface area contributed by atoms with Crippen LogP contribution in [0.3, 0.4) is 0 Å². The van der Waals surface area contributed by atoms with E-state index in [1.807, 2.05) is 0 Å². The Balaban J connectivity index is 1.45. The molecule has 0 aliphatic carbocycles. The molecule has 4 aromatic rings. The fourth-order valence-corrected chi connectivity index (χ4v) is 4.55. The summed E-state index contributed by atoms with van der Waals surface area (Å²) in [6.45, 7) is -0.539. The number of hydrogen-bond acceptors (Lipinski definition) is 10. The minimum atomic E-state index is -1.79. The van der Waals surface area contributed by atoms with E-state index >= 15 is 0 Å². The molecule has 4 aromatic carbocycles. The summed E-state index contributed by atoms with van der Waals surface area (Å²) in [5.41, 5.74) is 0.791. The second-order valence-corrected chi connectivity index (χ2v) is 9.74. The van der Waals surface area contributed by atoms with Gasteiger partial charge in [-0.15, -0.1) is 0 Å². The SMILES string of the molecule is O=C(OC[C@@H](OC(=O)c1ccccc1)[C@@H]1O[C@H](O)[C@@H](OC(=O)c2ccccc2)[C@H]1OC(=O)c1ccccc1)c1ccccc1. The smallest absolute Gasteiger partial charge is 0.338 e. The molecule has 1 heterocycles. The first-order chi connectivity index (χ1) is 21.4. The Morgan fingerprint density at radius 2 is 0.955 bits per heavy atom. The average Bonchev–Trinajstić information content (AvgIpc) is 3.37. The molecule has 0 bridgehead atoms. The van der Waals surface area contributed by atoms with Crippen LogP contribution >= 0.6 is 0 Å². The van der Waals surface area contributed by atoms with Crippen LogP contribution in [0.4, 0.5) is 0 Å². The lowest BCUT2D eigenvalue weighted by Crippen LogP contribution is -2.47. The third-order valence-corrected chi connectivity index (χ3v) is 6.75. The summed E-state index contributed by atoms with van der Waals surface area (Å²) in [6, 6.07) is 32.2. The molecule has 10 nitrogen and oxygen atoms in total. The second-order valence-electron chi connectivity index (χ2n) is 9.74. The van der Waals surface area contributed by atoms with Gasteiger partial charge in [0.25, 0.3) is 0 Å². The van der Waals surface area contributed by atoms with Crippen molar-refractivity contribution in [3.05, 3.63) is 144 Å². The van der Waals surface area contributed by atoms with Crippen molar-refractivity contribution in [1.82, 2.24) is 0 Å². The summed E-state index contributed by atoms with van der Waals surface area (Å²) in [6.07, 6.45) is -7.61. The molecule has 0 spiro atoms. The molecule has 0 amide bonds. The van der Waals surface area contributed by atoms with Gasteiger partial charge < -0.3 is 28.8 Å². The first-order valence-electron chi connectivity index (χ1n) is 13.7. The van der Waals surface area contributed by atoms with Gasteiger partial charge in [0.2, 0.25) is 0 Å². The van der Waals surface area contributed by atoms with Crippen LogP contribution < -0.4 is 0 Å². The van der Waals surface area contributed by atoms with Crippen LogP contribution in [-0.4, -0.2) is 66.3 Å². The molecular formula is C34H28O10. The van der Waals surface area contributed by atoms with E-state index in [0.29, 0.717) is 0 Å². The summed E-state index contributed by atoms with van der Waals surface area (Å²) >= 11 is 0. The number of ether oxygens (including phenoxy) is 5. The van der Waals surface area contributed by atoms with Crippen LogP contribution in [0.15, 0.2) is 121 Å². The highest BCUT2D eigenvalue weighted by atomic mass is 16.7. The van der Waals surface area contributed by atoms with Crippen molar-refractivity contribution in [3.8, 4) is 0 Å². The van der Waals surface area contributed by atoms with E-state index in [1.165, 1.54) is 36.4 Å². The van der Waals surface area contributed by atoms with Crippen LogP contribution in [0, 0.1) is 0 Å². The molecule has 0 aromatic heterocycles. The molecule has 44 heavy (non-hydrogen) atoms. The molecule has 1 fully saturated rings. The second kappa shape index (κ2) is 14.2. The van der Waals surface area contributed by atoms with Crippen LogP contribution in [0.5, 0.6) is 0 Å². The average molecular weight is 597 g/mol. The van der Waals surface area contributed by atoms with Crippen LogP contribution in [0.25, 0.3) is 0 Å². The van der Waals surface area contributed by atoms with Gasteiger partial charge in [-0.25, -0.2) is 19.2 Å². The maximum Gasteiger partial charge on any atom is 0.338 e. The van der Waals surface area contributed by atoms with Gasteiger partial charge in [0.15, 0.2) is 24.6 Å². The van der Waals surface area contributed by atoms with E-state index in [4.69, 9.17) is 23.7 Å². The molecule has 0 radical (unpaired) electrons. The molecule has 10 heteroatoms. The monoisotopic (exact) mass is 596 g/mol. The van der Waals surface area contributed by atoms with Crippen molar-refractivity contribution in [2.75, 3.05) is 6.61 Å². The van der Waals surface area contributed by atoms with Crippen molar-refractivity contribution in [1.29, 1.82) is 0 Å². The highest BCUT2D eigenvalue weighted by Gasteiger charge is 2.53. The maximum atomic E-state index is 13.2. The number of carbonyl (C=O) groups excluding carboxylic acids is 4. The number of aliphatic hydroxyl groups excluding tert-OH is 1. The molecule has 1 aliphatic rings. The summed E-state index contributed by atoms with van der Waals surface area (Å²) in [4.78, 5) is 52.1. The van der Waals surface area contributed by atoms with Gasteiger partial charge in [-0.3, -0.25) is 0 Å². The molecule has 1 N–H and O–H groups in total. The largest absolute Gasteiger partial charge is 0.458 e. The Morgan fingerprint density at radius 3 is 1.41 bits per heavy atom. The molecule has 5 rings (SSSR count). The van der Waals surface area contributed by atoms with Gasteiger partial charge >= 0.3 is 23.9 Å². The van der Waals surface area contributed by atoms with Crippen molar-refractivity contribution >= 4 is 23.9 Å². The topological polar surface area (TPSA) is 135 Å². The highest BCUT2D eigenvalue weighted by molar-refractivity contribution is 5.91. The number of benzene rings is 4. The van der Waals surface area contributed by atoms with Gasteiger partial charge in [0, 0.05) is 0 Å². The van der Waals surface area contributed by atoms with Crippen molar-refractivity contribution in [2.24, 2.45) is 0 Å². The van der Waals surface area contributed by atoms with E-state index < -0.39 is 61.2 Å². The zero-order chi connectivity index (χ0) is 30.9. The Kier molecular flexibility index (Phi) is 9.75. The molecule has 5 atom stereocenters. The van der Waals surface area contributed by atoms with Gasteiger partial charge in [-0.05, 0) is 48.5 Å². The molecule has 0 unspecified atom stereocenters. The van der Waals surface area contributed by atoms with Gasteiger partial charge in [-0.2, -0.15) is 0 Å². The molecule has 0 saturated carbocycles. The minimum Gasteiger partial charge on any atom is -0.458 e. The third-order valence-electron chi connectivity index (χ3n) is 6.75. The van der Waals surface area contributed by atoms with E-state index in [9.17, 15) is 24.3 Å². The Bertz CT molecular complexity index is 1560. The highest BCUT2D eigenvalue weighted by Crippen LogP contribution is 2.31. The number of rotatable bonds is 10. The van der Waals surface area contributed by atoms with Gasteiger partial charge in [0.05, 0.1) is 22.3 Å². The van der Waals surface area contributed by atoms with Crippen LogP contribution in [-0.2, 0) is 23.7 Å². The zero-order valence-corrected chi connectivity index (χ0v) is 23.3. The lowest BCUT2D eigenvalue weighted by Gasteiger charge is -2.28. The predicted octanol–water partition coefficient (Wildman–Crippen LogP) is 4.24. The first kappa shape index (κ1) is 30.1. The van der Waals surface area contributed by atoms with E-state index in [-0.39, 0.29) is 22.3 Å². The standard InChI is InChI=1S/C34H28O10/c35-30(22-13-5-1-6-14-22)40-21-26(41-31(36)23-15-7-2-8-16-23)27-28(43-32(37)24-17-9-3-10-18-24)29(34(39)42-27)44-33(38)25-19-11-4-12-20-25/h1-20,26-29,34,39H,21H2/t26-,27+,28+,29+,34+/m1/s1. The Morgan fingerprint density at radius 1 is 0.568 bits per heavy atom. The summed E-state index contributed by atoms with van der Waals surface area (Å²) in [5.74, 6) is -3.13. The van der Waals surface area contributed by atoms with Crippen LogP contribution in [0.2, 0.25) is 0 Å². The van der Waals surface area contributed by atoms with Gasteiger partial charge in [0.1, 0.15) is 12.7 Å². The Labute approximate surface area is 252 Å². The quantitative estimate of drug-likeness (QED) is 0.209. The molecular weight excluding hydrogens is 568 g/mol. The lowest BCUT2D eigenvalue weighted by atomic mass is 10.0. The van der Waals surface area contributed by atoms with Crippen LogP contribution in [0.1, 0.15) is 41.4 Å². The first-order valence-corrected chi connectivity index (χ1v) is 13.7. The molecule has 1 aliphatic heterocycles. The lowest BCUT2D eigenvalue weighted by molar-refractivity contribution is -0.153. The van der Waals surface area contributed by atoms with E-state index in [0.717, 1.165) is 0 Å².